The average molecular weight is 283 g/mol. The van der Waals surface area contributed by atoms with Gasteiger partial charge >= 0.3 is 0 Å². The average Bonchev–Trinajstić information content (AvgIpc) is 3.31. The van der Waals surface area contributed by atoms with Gasteiger partial charge in [0.15, 0.2) is 0 Å². The fraction of sp³-hybridized carbons (Fsp3) is 0.611. The Morgan fingerprint density at radius 1 is 1.43 bits per heavy atom. The second-order valence-corrected chi connectivity index (χ2v) is 6.55. The van der Waals surface area contributed by atoms with E-state index in [4.69, 9.17) is 0 Å². The lowest BCUT2D eigenvalue weighted by atomic mass is 9.91. The quantitative estimate of drug-likeness (QED) is 0.903. The Morgan fingerprint density at radius 3 is 2.90 bits per heavy atom. The number of nitrogens with zero attached hydrogens (tertiary/aromatic N) is 2. The number of aryl methyl sites for hydroxylation is 2. The van der Waals surface area contributed by atoms with Crippen molar-refractivity contribution in [1.29, 1.82) is 5.26 Å². The first-order valence-corrected chi connectivity index (χ1v) is 8.19. The summed E-state index contributed by atoms with van der Waals surface area (Å²) >= 11 is 0. The Bertz CT molecular complexity index is 556. The molecule has 1 aromatic rings. The van der Waals surface area contributed by atoms with E-state index >= 15 is 0 Å². The fourth-order valence-corrected chi connectivity index (χ4v) is 3.66. The van der Waals surface area contributed by atoms with Crippen molar-refractivity contribution in [1.82, 2.24) is 5.32 Å². The minimum absolute atomic E-state index is 0.367. The highest BCUT2D eigenvalue weighted by Crippen LogP contribution is 2.41. The van der Waals surface area contributed by atoms with E-state index in [0.717, 1.165) is 26.1 Å². The number of likely N-dealkylation sites (N-methyl/N-ethyl adjacent to an activating group) is 1. The second-order valence-electron chi connectivity index (χ2n) is 6.55. The maximum atomic E-state index is 9.80. The van der Waals surface area contributed by atoms with Crippen LogP contribution < -0.4 is 10.2 Å². The molecule has 1 saturated carbocycles. The zero-order valence-corrected chi connectivity index (χ0v) is 13.2. The summed E-state index contributed by atoms with van der Waals surface area (Å²) in [5.74, 6) is 0.526. The summed E-state index contributed by atoms with van der Waals surface area (Å²) in [6, 6.07) is 9.35. The second kappa shape index (κ2) is 5.69. The zero-order chi connectivity index (χ0) is 14.9. The highest BCUT2D eigenvalue weighted by molar-refractivity contribution is 5.57. The predicted molar refractivity (Wildman–Crippen MR) is 86.5 cm³/mol. The lowest BCUT2D eigenvalue weighted by Crippen LogP contribution is -2.55. The Hall–Kier alpha value is -1.53. The van der Waals surface area contributed by atoms with Crippen molar-refractivity contribution < 1.29 is 0 Å². The van der Waals surface area contributed by atoms with Gasteiger partial charge in [0.2, 0.25) is 0 Å². The molecular formula is C18H25N3. The van der Waals surface area contributed by atoms with Gasteiger partial charge in [-0.2, -0.15) is 5.26 Å². The molecule has 3 heteroatoms. The molecule has 0 saturated heterocycles. The molecule has 1 atom stereocenters. The number of anilines is 1. The van der Waals surface area contributed by atoms with Crippen molar-refractivity contribution in [3.63, 3.8) is 0 Å². The predicted octanol–water partition coefficient (Wildman–Crippen LogP) is 3.03. The van der Waals surface area contributed by atoms with Crippen molar-refractivity contribution in [2.45, 2.75) is 45.1 Å². The van der Waals surface area contributed by atoms with E-state index < -0.39 is 0 Å². The molecule has 3 rings (SSSR count). The molecule has 21 heavy (non-hydrogen) atoms. The number of hydrogen-bond acceptors (Lipinski definition) is 3. The summed E-state index contributed by atoms with van der Waals surface area (Å²) in [6.45, 7) is 7.00. The molecule has 1 aliphatic heterocycles. The maximum Gasteiger partial charge on any atom is 0.127 e. The van der Waals surface area contributed by atoms with Gasteiger partial charge in [-0.25, -0.2) is 0 Å². The first kappa shape index (κ1) is 14.4. The highest BCUT2D eigenvalue weighted by atomic mass is 15.2. The highest BCUT2D eigenvalue weighted by Gasteiger charge is 2.46. The summed E-state index contributed by atoms with van der Waals surface area (Å²) < 4.78 is 0. The number of benzene rings is 1. The van der Waals surface area contributed by atoms with Gasteiger partial charge in [0.1, 0.15) is 5.54 Å². The molecule has 1 N–H and O–H groups in total. The van der Waals surface area contributed by atoms with Crippen molar-refractivity contribution in [2.24, 2.45) is 5.92 Å². The van der Waals surface area contributed by atoms with E-state index in [1.54, 1.807) is 0 Å². The molecule has 0 bridgehead atoms. The smallest absolute Gasteiger partial charge is 0.127 e. The molecule has 3 nitrogen and oxygen atoms in total. The molecule has 1 unspecified atom stereocenters. The van der Waals surface area contributed by atoms with E-state index in [9.17, 15) is 5.26 Å². The molecule has 0 aromatic heterocycles. The molecule has 0 spiro atoms. The summed E-state index contributed by atoms with van der Waals surface area (Å²) in [4.78, 5) is 2.43. The van der Waals surface area contributed by atoms with Crippen LogP contribution in [0.3, 0.4) is 0 Å². The lowest BCUT2D eigenvalue weighted by molar-refractivity contribution is 0.369. The van der Waals surface area contributed by atoms with E-state index in [1.807, 2.05) is 0 Å². The monoisotopic (exact) mass is 283 g/mol. The SMILES string of the molecule is CCNC(C#N)(CN1CCCc2cc(C)ccc21)C1CC1. The third kappa shape index (κ3) is 2.78. The van der Waals surface area contributed by atoms with Gasteiger partial charge < -0.3 is 4.90 Å². The largest absolute Gasteiger partial charge is 0.368 e. The van der Waals surface area contributed by atoms with Crippen LogP contribution in [0.1, 0.15) is 37.3 Å². The van der Waals surface area contributed by atoms with Crippen LogP contribution in [0.25, 0.3) is 0 Å². The normalized spacial score (nSPS) is 20.5. The minimum Gasteiger partial charge on any atom is -0.368 e. The summed E-state index contributed by atoms with van der Waals surface area (Å²) in [7, 11) is 0. The van der Waals surface area contributed by atoms with Crippen molar-refractivity contribution in [2.75, 3.05) is 24.5 Å². The maximum absolute atomic E-state index is 9.80. The van der Waals surface area contributed by atoms with Gasteiger partial charge in [-0.1, -0.05) is 24.6 Å². The first-order chi connectivity index (χ1) is 10.2. The van der Waals surface area contributed by atoms with Crippen LogP contribution in [0.4, 0.5) is 5.69 Å². The van der Waals surface area contributed by atoms with Crippen LogP contribution in [-0.2, 0) is 6.42 Å². The van der Waals surface area contributed by atoms with E-state index in [0.29, 0.717) is 5.92 Å². The van der Waals surface area contributed by atoms with E-state index in [-0.39, 0.29) is 5.54 Å². The number of fused-ring (bicyclic) bond motifs is 1. The van der Waals surface area contributed by atoms with Gasteiger partial charge in [0.25, 0.3) is 0 Å². The number of nitrogens with one attached hydrogen (secondary N) is 1. The van der Waals surface area contributed by atoms with Gasteiger partial charge in [-0.15, -0.1) is 0 Å². The van der Waals surface area contributed by atoms with Gasteiger partial charge in [-0.3, -0.25) is 5.32 Å². The molecule has 1 heterocycles. The third-order valence-corrected chi connectivity index (χ3v) is 4.86. The molecule has 2 aliphatic rings. The van der Waals surface area contributed by atoms with E-state index in [1.165, 1.54) is 36.1 Å². The fourth-order valence-electron chi connectivity index (χ4n) is 3.66. The number of rotatable bonds is 5. The van der Waals surface area contributed by atoms with Crippen LogP contribution >= 0.6 is 0 Å². The van der Waals surface area contributed by atoms with Crippen molar-refractivity contribution >= 4 is 5.69 Å². The van der Waals surface area contributed by atoms with E-state index in [2.05, 4.69) is 48.3 Å². The molecule has 112 valence electrons. The van der Waals surface area contributed by atoms with Crippen LogP contribution in [0, 0.1) is 24.2 Å². The zero-order valence-electron chi connectivity index (χ0n) is 13.2. The van der Waals surface area contributed by atoms with Crippen LogP contribution in [-0.4, -0.2) is 25.2 Å². The number of nitriles is 1. The summed E-state index contributed by atoms with van der Waals surface area (Å²) in [5.41, 5.74) is 3.75. The Kier molecular flexibility index (Phi) is 3.91. The molecular weight excluding hydrogens is 258 g/mol. The van der Waals surface area contributed by atoms with Gasteiger partial charge in [-0.05, 0) is 56.7 Å². The first-order valence-electron chi connectivity index (χ1n) is 8.19. The van der Waals surface area contributed by atoms with Crippen LogP contribution in [0.5, 0.6) is 0 Å². The van der Waals surface area contributed by atoms with Crippen molar-refractivity contribution in [3.8, 4) is 6.07 Å². The standard InChI is InChI=1S/C18H25N3/c1-3-20-18(12-19,16-7-8-16)13-21-10-4-5-15-11-14(2)6-9-17(15)21/h6,9,11,16,20H,3-5,7-8,10,13H2,1-2H3. The summed E-state index contributed by atoms with van der Waals surface area (Å²) in [5, 5.41) is 13.3. The van der Waals surface area contributed by atoms with Gasteiger partial charge in [0, 0.05) is 18.8 Å². The molecule has 0 radical (unpaired) electrons. The Balaban J connectivity index is 1.86. The Morgan fingerprint density at radius 2 is 2.24 bits per heavy atom. The third-order valence-electron chi connectivity index (χ3n) is 4.86. The van der Waals surface area contributed by atoms with Gasteiger partial charge in [0.05, 0.1) is 6.07 Å². The van der Waals surface area contributed by atoms with Crippen molar-refractivity contribution in [3.05, 3.63) is 29.3 Å². The summed E-state index contributed by atoms with van der Waals surface area (Å²) in [6.07, 6.45) is 4.73. The van der Waals surface area contributed by atoms with Crippen LogP contribution in [0.2, 0.25) is 0 Å². The molecule has 1 aliphatic carbocycles. The molecule has 1 fully saturated rings. The molecule has 1 aromatic carbocycles. The lowest BCUT2D eigenvalue weighted by Gasteiger charge is -2.38. The topological polar surface area (TPSA) is 39.1 Å². The Labute approximate surface area is 128 Å². The molecule has 0 amide bonds. The van der Waals surface area contributed by atoms with Crippen LogP contribution in [0.15, 0.2) is 18.2 Å². The minimum atomic E-state index is -0.367. The number of hydrogen-bond donors (Lipinski definition) is 1.